The van der Waals surface area contributed by atoms with E-state index in [1.807, 2.05) is 13.8 Å². The van der Waals surface area contributed by atoms with Crippen LogP contribution in [-0.4, -0.2) is 36.5 Å². The highest BCUT2D eigenvalue weighted by atomic mass is 32.2. The van der Waals surface area contributed by atoms with Crippen molar-refractivity contribution >= 4 is 10.8 Å². The van der Waals surface area contributed by atoms with Crippen LogP contribution >= 0.6 is 0 Å². The van der Waals surface area contributed by atoms with Gasteiger partial charge in [0.25, 0.3) is 0 Å². The molecule has 15 heteroatoms. The van der Waals surface area contributed by atoms with Crippen molar-refractivity contribution in [2.75, 3.05) is 6.26 Å². The standard InChI is InChI=1S/C33H28F7N3O4S/c1-17(2)11-29-42-30(31(46-29)19-5-8-22(9-6-19)47-33(38,39)40)23-12-20(21-13-25(34)24(16-44)27(14-21)48(4)45)7-10-26(23)43-15-28(32(35,36)37)41-18(43)3/h5-10,12-15,17,44H,11,16H2,1-4H3. The summed E-state index contributed by atoms with van der Waals surface area (Å²) in [5.74, 6) is -0.892. The number of ether oxygens (including phenoxy) is 1. The second kappa shape index (κ2) is 13.2. The minimum atomic E-state index is -4.92. The number of aromatic nitrogens is 3. The number of imidazole rings is 1. The Labute approximate surface area is 272 Å². The van der Waals surface area contributed by atoms with Crippen LogP contribution in [0.1, 0.15) is 36.8 Å². The first kappa shape index (κ1) is 34.8. The molecule has 2 heterocycles. The molecule has 0 saturated heterocycles. The minimum Gasteiger partial charge on any atom is -0.440 e. The van der Waals surface area contributed by atoms with Gasteiger partial charge in [0.1, 0.15) is 23.1 Å². The van der Waals surface area contributed by atoms with Gasteiger partial charge in [-0.1, -0.05) is 19.9 Å². The third-order valence-electron chi connectivity index (χ3n) is 7.24. The summed E-state index contributed by atoms with van der Waals surface area (Å²) in [7, 11) is -1.69. The summed E-state index contributed by atoms with van der Waals surface area (Å²) in [6.07, 6.45) is -7.18. The van der Waals surface area contributed by atoms with Crippen molar-refractivity contribution < 1.29 is 49.2 Å². The van der Waals surface area contributed by atoms with E-state index in [-0.39, 0.29) is 56.4 Å². The van der Waals surface area contributed by atoms with Crippen molar-refractivity contribution in [3.8, 4) is 45.1 Å². The third-order valence-corrected chi connectivity index (χ3v) is 8.23. The number of halogens is 7. The maximum atomic E-state index is 15.1. The lowest BCUT2D eigenvalue weighted by atomic mass is 9.97. The Kier molecular flexibility index (Phi) is 9.57. The van der Waals surface area contributed by atoms with Gasteiger partial charge < -0.3 is 18.8 Å². The Hall–Kier alpha value is -4.50. The molecule has 7 nitrogen and oxygen atoms in total. The SMILES string of the molecule is Cc1nc(C(F)(F)F)cn1-c1ccc(-c2cc(F)c(CO)c(S(C)=O)c2)cc1-c1nc(CC(C)C)oc1-c1ccc(OC(F)(F)F)cc1. The van der Waals surface area contributed by atoms with Gasteiger partial charge in [-0.2, -0.15) is 13.2 Å². The largest absolute Gasteiger partial charge is 0.573 e. The van der Waals surface area contributed by atoms with Crippen LogP contribution < -0.4 is 4.74 Å². The molecule has 2 aromatic heterocycles. The molecule has 1 atom stereocenters. The number of aliphatic hydroxyl groups is 1. The van der Waals surface area contributed by atoms with Crippen LogP contribution in [0.4, 0.5) is 30.7 Å². The Morgan fingerprint density at radius 3 is 2.19 bits per heavy atom. The molecule has 0 saturated carbocycles. The molecule has 3 aromatic carbocycles. The zero-order valence-corrected chi connectivity index (χ0v) is 26.6. The van der Waals surface area contributed by atoms with Crippen LogP contribution in [-0.2, 0) is 30.0 Å². The number of oxazole rings is 1. The van der Waals surface area contributed by atoms with Gasteiger partial charge in [-0.3, -0.25) is 4.21 Å². The molecule has 0 aliphatic heterocycles. The first-order chi connectivity index (χ1) is 22.4. The molecule has 0 radical (unpaired) electrons. The maximum Gasteiger partial charge on any atom is 0.573 e. The van der Waals surface area contributed by atoms with Crippen molar-refractivity contribution in [2.24, 2.45) is 5.92 Å². The zero-order chi connectivity index (χ0) is 35.1. The third kappa shape index (κ3) is 7.46. The van der Waals surface area contributed by atoms with E-state index in [1.165, 1.54) is 48.1 Å². The van der Waals surface area contributed by atoms with E-state index >= 15 is 4.39 Å². The fraction of sp³-hybridized carbons (Fsp3) is 0.273. The molecule has 0 bridgehead atoms. The summed E-state index contributed by atoms with van der Waals surface area (Å²) in [6, 6.07) is 12.0. The van der Waals surface area contributed by atoms with E-state index in [1.54, 1.807) is 6.07 Å². The Balaban J connectivity index is 1.78. The fourth-order valence-corrected chi connectivity index (χ4v) is 5.95. The van der Waals surface area contributed by atoms with E-state index in [2.05, 4.69) is 14.7 Å². The molecule has 5 aromatic rings. The van der Waals surface area contributed by atoms with E-state index < -0.39 is 47.2 Å². The number of benzene rings is 3. The Morgan fingerprint density at radius 1 is 0.958 bits per heavy atom. The lowest BCUT2D eigenvalue weighted by Crippen LogP contribution is -2.16. The van der Waals surface area contributed by atoms with Gasteiger partial charge in [0.05, 0.1) is 23.1 Å². The van der Waals surface area contributed by atoms with Gasteiger partial charge >= 0.3 is 12.5 Å². The molecular weight excluding hydrogens is 667 g/mol. The summed E-state index contributed by atoms with van der Waals surface area (Å²) < 4.78 is 118. The van der Waals surface area contributed by atoms with Gasteiger partial charge in [-0.05, 0) is 72.5 Å². The number of aliphatic hydroxyl groups excluding tert-OH is 1. The predicted octanol–water partition coefficient (Wildman–Crippen LogP) is 8.65. The van der Waals surface area contributed by atoms with Gasteiger partial charge in [-0.25, -0.2) is 14.4 Å². The van der Waals surface area contributed by atoms with Gasteiger partial charge in [0, 0.05) is 40.5 Å². The van der Waals surface area contributed by atoms with E-state index in [0.717, 1.165) is 24.4 Å². The molecule has 0 fully saturated rings. The lowest BCUT2D eigenvalue weighted by molar-refractivity contribution is -0.274. The Morgan fingerprint density at radius 2 is 1.62 bits per heavy atom. The molecule has 0 aliphatic rings. The lowest BCUT2D eigenvalue weighted by Gasteiger charge is -2.15. The summed E-state index contributed by atoms with van der Waals surface area (Å²) in [4.78, 5) is 8.42. The minimum absolute atomic E-state index is 0.0144. The van der Waals surface area contributed by atoms with Crippen LogP contribution in [0.5, 0.6) is 5.75 Å². The van der Waals surface area contributed by atoms with Crippen molar-refractivity contribution in [3.05, 3.63) is 89.6 Å². The highest BCUT2D eigenvalue weighted by Gasteiger charge is 2.35. The summed E-state index contributed by atoms with van der Waals surface area (Å²) >= 11 is 0. The van der Waals surface area contributed by atoms with Crippen LogP contribution in [0.3, 0.4) is 0 Å². The van der Waals surface area contributed by atoms with Gasteiger partial charge in [-0.15, -0.1) is 13.2 Å². The summed E-state index contributed by atoms with van der Waals surface area (Å²) in [5, 5.41) is 9.68. The van der Waals surface area contributed by atoms with E-state index in [9.17, 15) is 35.7 Å². The zero-order valence-electron chi connectivity index (χ0n) is 25.8. The number of aryl methyl sites for hydroxylation is 1. The van der Waals surface area contributed by atoms with Crippen molar-refractivity contribution in [1.82, 2.24) is 14.5 Å². The molecule has 48 heavy (non-hydrogen) atoms. The number of hydrogen-bond donors (Lipinski definition) is 1. The van der Waals surface area contributed by atoms with Crippen LogP contribution in [0.2, 0.25) is 0 Å². The fourth-order valence-electron chi connectivity index (χ4n) is 5.14. The molecular formula is C33H28F7N3O4S. The maximum absolute atomic E-state index is 15.1. The molecule has 5 rings (SSSR count). The smallest absolute Gasteiger partial charge is 0.440 e. The second-order valence-corrected chi connectivity index (χ2v) is 12.6. The molecule has 1 N–H and O–H groups in total. The first-order valence-electron chi connectivity index (χ1n) is 14.4. The van der Waals surface area contributed by atoms with Crippen LogP contribution in [0, 0.1) is 18.7 Å². The second-order valence-electron chi connectivity index (χ2n) is 11.3. The monoisotopic (exact) mass is 695 g/mol. The quantitative estimate of drug-likeness (QED) is 0.155. The predicted molar refractivity (Wildman–Crippen MR) is 163 cm³/mol. The normalized spacial score (nSPS) is 12.9. The molecule has 0 spiro atoms. The number of hydrogen-bond acceptors (Lipinski definition) is 6. The molecule has 1 unspecified atom stereocenters. The average molecular weight is 696 g/mol. The summed E-state index contributed by atoms with van der Waals surface area (Å²) in [6.45, 7) is 4.50. The van der Waals surface area contributed by atoms with Crippen molar-refractivity contribution in [2.45, 2.75) is 51.2 Å². The average Bonchev–Trinajstić information content (AvgIpc) is 3.59. The van der Waals surface area contributed by atoms with E-state index in [4.69, 9.17) is 4.42 Å². The highest BCUT2D eigenvalue weighted by Crippen LogP contribution is 2.41. The molecule has 0 amide bonds. The Bertz CT molecular complexity index is 1980. The van der Waals surface area contributed by atoms with Crippen molar-refractivity contribution in [1.29, 1.82) is 0 Å². The number of rotatable bonds is 9. The topological polar surface area (TPSA) is 90.4 Å². The van der Waals surface area contributed by atoms with E-state index in [0.29, 0.717) is 17.5 Å². The van der Waals surface area contributed by atoms with Crippen LogP contribution in [0.15, 0.2) is 70.1 Å². The molecule has 0 aliphatic carbocycles. The van der Waals surface area contributed by atoms with Gasteiger partial charge in [0.15, 0.2) is 17.3 Å². The highest BCUT2D eigenvalue weighted by molar-refractivity contribution is 7.84. The first-order valence-corrected chi connectivity index (χ1v) is 15.9. The number of alkyl halides is 6. The van der Waals surface area contributed by atoms with Crippen LogP contribution in [0.25, 0.3) is 39.4 Å². The summed E-state index contributed by atoms with van der Waals surface area (Å²) in [5.41, 5.74) is 0.158. The number of nitrogens with zero attached hydrogens (tertiary/aromatic N) is 3. The molecule has 254 valence electrons. The van der Waals surface area contributed by atoms with Gasteiger partial charge in [0.2, 0.25) is 0 Å². The van der Waals surface area contributed by atoms with Crippen molar-refractivity contribution in [3.63, 3.8) is 0 Å².